The van der Waals surface area contributed by atoms with Crippen LogP contribution in [0.1, 0.15) is 6.42 Å². The van der Waals surface area contributed by atoms with E-state index in [0.29, 0.717) is 13.1 Å². The summed E-state index contributed by atoms with van der Waals surface area (Å²) in [5, 5.41) is 2.93. The van der Waals surface area contributed by atoms with Crippen LogP contribution in [0.4, 0.5) is 13.2 Å². The van der Waals surface area contributed by atoms with Crippen LogP contribution < -0.4 is 5.32 Å². The maximum atomic E-state index is 12.9. The van der Waals surface area contributed by atoms with Crippen molar-refractivity contribution in [3.63, 3.8) is 0 Å². The Labute approximate surface area is 97.1 Å². The summed E-state index contributed by atoms with van der Waals surface area (Å²) in [6.07, 6.45) is -4.62. The molecule has 0 radical (unpaired) electrons. The van der Waals surface area contributed by atoms with Crippen molar-refractivity contribution >= 4 is 5.91 Å². The molecule has 2 rings (SSSR count). The third kappa shape index (κ3) is 2.01. The molecule has 2 fully saturated rings. The Bertz CT molecular complexity index is 317. The molecule has 0 aliphatic carbocycles. The fourth-order valence-corrected chi connectivity index (χ4v) is 2.21. The fraction of sp³-hybridized carbons (Fsp3) is 0.900. The second-order valence-corrected chi connectivity index (χ2v) is 4.56. The van der Waals surface area contributed by atoms with Gasteiger partial charge in [-0.1, -0.05) is 0 Å². The van der Waals surface area contributed by atoms with Crippen molar-refractivity contribution in [2.45, 2.75) is 18.2 Å². The Hall–Kier alpha value is -0.820. The van der Waals surface area contributed by atoms with Crippen molar-refractivity contribution in [1.82, 2.24) is 10.2 Å². The van der Waals surface area contributed by atoms with E-state index >= 15 is 0 Å². The first-order valence-electron chi connectivity index (χ1n) is 5.51. The third-order valence-electron chi connectivity index (χ3n) is 3.58. The van der Waals surface area contributed by atoms with Crippen molar-refractivity contribution in [2.24, 2.45) is 5.92 Å². The first-order valence-corrected chi connectivity index (χ1v) is 5.51. The summed E-state index contributed by atoms with van der Waals surface area (Å²) in [5.41, 5.74) is -2.18. The van der Waals surface area contributed by atoms with Crippen molar-refractivity contribution in [2.75, 3.05) is 33.3 Å². The highest BCUT2D eigenvalue weighted by Crippen LogP contribution is 2.40. The minimum Gasteiger partial charge on any atom is -0.367 e. The monoisotopic (exact) mass is 252 g/mol. The summed E-state index contributed by atoms with van der Waals surface area (Å²) in [6.45, 7) is 0.841. The first kappa shape index (κ1) is 12.6. The molecule has 1 N–H and O–H groups in total. The van der Waals surface area contributed by atoms with Crippen LogP contribution in [0.3, 0.4) is 0 Å². The van der Waals surface area contributed by atoms with Gasteiger partial charge in [0.05, 0.1) is 12.5 Å². The number of amides is 1. The summed E-state index contributed by atoms with van der Waals surface area (Å²) in [6, 6.07) is 0. The van der Waals surface area contributed by atoms with Crippen LogP contribution in [0.25, 0.3) is 0 Å². The van der Waals surface area contributed by atoms with Crippen LogP contribution in [0.5, 0.6) is 0 Å². The fourth-order valence-electron chi connectivity index (χ4n) is 2.21. The summed E-state index contributed by atoms with van der Waals surface area (Å²) in [4.78, 5) is 13.1. The molecular weight excluding hydrogens is 237 g/mol. The largest absolute Gasteiger partial charge is 0.419 e. The Morgan fingerprint density at radius 2 is 2.12 bits per heavy atom. The van der Waals surface area contributed by atoms with E-state index in [9.17, 15) is 18.0 Å². The Kier molecular flexibility index (Phi) is 3.07. The number of hydrogen-bond acceptors (Lipinski definition) is 3. The molecule has 2 heterocycles. The van der Waals surface area contributed by atoms with E-state index in [4.69, 9.17) is 0 Å². The summed E-state index contributed by atoms with van der Waals surface area (Å²) in [5.74, 6) is -0.372. The molecule has 2 aliphatic heterocycles. The van der Waals surface area contributed by atoms with Gasteiger partial charge < -0.3 is 15.0 Å². The van der Waals surface area contributed by atoms with E-state index in [1.165, 1.54) is 4.90 Å². The zero-order valence-electron chi connectivity index (χ0n) is 9.51. The van der Waals surface area contributed by atoms with Crippen molar-refractivity contribution in [3.8, 4) is 0 Å². The highest BCUT2D eigenvalue weighted by atomic mass is 19.4. The normalized spacial score (nSPS) is 30.5. The van der Waals surface area contributed by atoms with Crippen molar-refractivity contribution in [3.05, 3.63) is 0 Å². The quantitative estimate of drug-likeness (QED) is 0.772. The lowest BCUT2D eigenvalue weighted by Crippen LogP contribution is -2.54. The number of hydrogen-bond donors (Lipinski definition) is 1. The predicted molar refractivity (Wildman–Crippen MR) is 53.4 cm³/mol. The average Bonchev–Trinajstić information content (AvgIpc) is 2.58. The van der Waals surface area contributed by atoms with Crippen molar-refractivity contribution < 1.29 is 22.7 Å². The van der Waals surface area contributed by atoms with Crippen LogP contribution in [-0.4, -0.2) is 55.9 Å². The maximum absolute atomic E-state index is 12.9. The van der Waals surface area contributed by atoms with Gasteiger partial charge in [-0.2, -0.15) is 13.2 Å². The smallest absolute Gasteiger partial charge is 0.367 e. The lowest BCUT2D eigenvalue weighted by molar-refractivity contribution is -0.263. The Morgan fingerprint density at radius 1 is 1.47 bits per heavy atom. The summed E-state index contributed by atoms with van der Waals surface area (Å²) >= 11 is 0. The Morgan fingerprint density at radius 3 is 2.47 bits per heavy atom. The van der Waals surface area contributed by atoms with Gasteiger partial charge in [-0.15, -0.1) is 0 Å². The molecule has 0 unspecified atom stereocenters. The molecule has 0 bridgehead atoms. The van der Waals surface area contributed by atoms with E-state index in [2.05, 4.69) is 10.1 Å². The maximum Gasteiger partial charge on any atom is 0.419 e. The SMILES string of the molecule is CO[C@]1(C(F)(F)F)CCN(C(=O)C2CNC2)C1. The zero-order chi connectivity index (χ0) is 12.7. The number of nitrogens with zero attached hydrogens (tertiary/aromatic N) is 1. The molecule has 4 nitrogen and oxygen atoms in total. The van der Waals surface area contributed by atoms with Gasteiger partial charge in [0, 0.05) is 33.2 Å². The first-order chi connectivity index (χ1) is 7.89. The molecule has 7 heteroatoms. The van der Waals surface area contributed by atoms with Gasteiger partial charge in [0.15, 0.2) is 5.60 Å². The molecule has 0 aromatic rings. The number of alkyl halides is 3. The topological polar surface area (TPSA) is 41.6 Å². The van der Waals surface area contributed by atoms with Crippen molar-refractivity contribution in [1.29, 1.82) is 0 Å². The molecule has 17 heavy (non-hydrogen) atoms. The number of carbonyl (C=O) groups excluding carboxylic acids is 1. The van der Waals surface area contributed by atoms with Gasteiger partial charge in [0.25, 0.3) is 0 Å². The number of halogens is 3. The number of ether oxygens (including phenoxy) is 1. The van der Waals surface area contributed by atoms with Crippen LogP contribution in [0.15, 0.2) is 0 Å². The van der Waals surface area contributed by atoms with Crippen LogP contribution in [-0.2, 0) is 9.53 Å². The summed E-state index contributed by atoms with van der Waals surface area (Å²) in [7, 11) is 1.05. The second-order valence-electron chi connectivity index (χ2n) is 4.56. The van der Waals surface area contributed by atoms with E-state index in [0.717, 1.165) is 7.11 Å². The predicted octanol–water partition coefficient (Wildman–Crippen LogP) is 0.386. The number of rotatable bonds is 2. The lowest BCUT2D eigenvalue weighted by Gasteiger charge is -2.33. The molecule has 2 saturated heterocycles. The molecule has 0 aromatic carbocycles. The minimum absolute atomic E-state index is 0.114. The molecule has 0 saturated carbocycles. The van der Waals surface area contributed by atoms with Gasteiger partial charge in [0.2, 0.25) is 5.91 Å². The number of likely N-dealkylation sites (tertiary alicyclic amines) is 1. The van der Waals surface area contributed by atoms with E-state index in [1.54, 1.807) is 0 Å². The lowest BCUT2D eigenvalue weighted by atomic mass is 10.0. The van der Waals surface area contributed by atoms with Gasteiger partial charge in [-0.25, -0.2) is 0 Å². The van der Waals surface area contributed by atoms with Gasteiger partial charge >= 0.3 is 6.18 Å². The highest BCUT2D eigenvalue weighted by Gasteiger charge is 2.59. The molecular formula is C10H15F3N2O2. The zero-order valence-corrected chi connectivity index (χ0v) is 9.51. The highest BCUT2D eigenvalue weighted by molar-refractivity contribution is 5.80. The molecule has 1 amide bonds. The second kappa shape index (κ2) is 4.13. The molecule has 98 valence electrons. The Balaban J connectivity index is 2.04. The van der Waals surface area contributed by atoms with Gasteiger partial charge in [-0.3, -0.25) is 4.79 Å². The average molecular weight is 252 g/mol. The number of nitrogens with one attached hydrogen (secondary N) is 1. The van der Waals surface area contributed by atoms with E-state index < -0.39 is 11.8 Å². The van der Waals surface area contributed by atoms with E-state index in [-0.39, 0.29) is 31.3 Å². The minimum atomic E-state index is -4.44. The van der Waals surface area contributed by atoms with Crippen LogP contribution in [0, 0.1) is 5.92 Å². The number of methoxy groups -OCH3 is 1. The van der Waals surface area contributed by atoms with Gasteiger partial charge in [-0.05, 0) is 0 Å². The standard InChI is InChI=1S/C10H15F3N2O2/c1-17-9(10(11,12)13)2-3-15(6-9)8(16)7-4-14-5-7/h7,14H,2-6H2,1H3/t9-/m1/s1. The molecule has 0 spiro atoms. The van der Waals surface area contributed by atoms with Gasteiger partial charge in [0.1, 0.15) is 0 Å². The molecule has 0 aromatic heterocycles. The molecule has 1 atom stereocenters. The molecule has 2 aliphatic rings. The summed E-state index contributed by atoms with van der Waals surface area (Å²) < 4.78 is 43.3. The van der Waals surface area contributed by atoms with Crippen LogP contribution in [0.2, 0.25) is 0 Å². The number of carbonyl (C=O) groups is 1. The van der Waals surface area contributed by atoms with Crippen LogP contribution >= 0.6 is 0 Å². The van der Waals surface area contributed by atoms with E-state index in [1.807, 2.05) is 0 Å². The third-order valence-corrected chi connectivity index (χ3v) is 3.58.